The molecule has 0 bridgehead atoms. The summed E-state index contributed by atoms with van der Waals surface area (Å²) in [5, 5.41) is 5.69. The molecule has 0 aliphatic carbocycles. The second-order valence-electron chi connectivity index (χ2n) is 5.70. The van der Waals surface area contributed by atoms with Crippen LogP contribution in [-0.4, -0.2) is 17.9 Å². The summed E-state index contributed by atoms with van der Waals surface area (Å²) in [5.74, 6) is -0.427. The van der Waals surface area contributed by atoms with Crippen molar-refractivity contribution in [3.63, 3.8) is 0 Å². The predicted molar refractivity (Wildman–Crippen MR) is 92.3 cm³/mol. The van der Waals surface area contributed by atoms with E-state index < -0.39 is 6.04 Å². The molecule has 2 amide bonds. The average Bonchev–Trinajstić information content (AvgIpc) is 2.51. The Hall–Kier alpha value is -2.62. The lowest BCUT2D eigenvalue weighted by Gasteiger charge is -2.19. The number of aryl methyl sites for hydroxylation is 2. The van der Waals surface area contributed by atoms with Gasteiger partial charge in [0.05, 0.1) is 0 Å². The van der Waals surface area contributed by atoms with E-state index in [0.717, 1.165) is 22.4 Å². The maximum atomic E-state index is 12.6. The van der Waals surface area contributed by atoms with Gasteiger partial charge in [-0.2, -0.15) is 0 Å². The molecule has 0 heterocycles. The highest BCUT2D eigenvalue weighted by molar-refractivity contribution is 5.98. The highest BCUT2D eigenvalue weighted by Crippen LogP contribution is 2.20. The molecule has 0 aliphatic heterocycles. The molecule has 1 atom stereocenters. The Bertz CT molecular complexity index is 676. The number of rotatable bonds is 5. The number of carbonyl (C=O) groups is 2. The van der Waals surface area contributed by atoms with Gasteiger partial charge in [0, 0.05) is 19.0 Å². The molecule has 2 rings (SSSR count). The molecular weight excluding hydrogens is 288 g/mol. The van der Waals surface area contributed by atoms with Crippen LogP contribution in [0.15, 0.2) is 48.5 Å². The minimum Gasteiger partial charge on any atom is -0.344 e. The van der Waals surface area contributed by atoms with E-state index in [-0.39, 0.29) is 11.8 Å². The zero-order valence-electron chi connectivity index (χ0n) is 13.7. The third-order valence-corrected chi connectivity index (χ3v) is 3.71. The van der Waals surface area contributed by atoms with Crippen LogP contribution < -0.4 is 10.6 Å². The summed E-state index contributed by atoms with van der Waals surface area (Å²) in [6, 6.07) is 14.9. The van der Waals surface area contributed by atoms with Gasteiger partial charge in [0.15, 0.2) is 0 Å². The second-order valence-corrected chi connectivity index (χ2v) is 5.70. The Morgan fingerprint density at radius 1 is 0.957 bits per heavy atom. The van der Waals surface area contributed by atoms with Crippen molar-refractivity contribution in [2.45, 2.75) is 33.2 Å². The lowest BCUT2D eigenvalue weighted by atomic mass is 10.0. The molecule has 0 unspecified atom stereocenters. The van der Waals surface area contributed by atoms with Gasteiger partial charge >= 0.3 is 0 Å². The molecule has 0 fully saturated rings. The molecule has 0 aliphatic rings. The molecule has 0 aromatic heterocycles. The van der Waals surface area contributed by atoms with Crippen molar-refractivity contribution in [3.8, 4) is 0 Å². The number of hydrogen-bond donors (Lipinski definition) is 2. The zero-order chi connectivity index (χ0) is 16.8. The van der Waals surface area contributed by atoms with Gasteiger partial charge < -0.3 is 10.6 Å². The van der Waals surface area contributed by atoms with Crippen LogP contribution in [0.25, 0.3) is 0 Å². The van der Waals surface area contributed by atoms with Crippen molar-refractivity contribution >= 4 is 17.5 Å². The van der Waals surface area contributed by atoms with E-state index in [1.807, 2.05) is 62.4 Å². The number of carbonyl (C=O) groups excluding carboxylic acids is 2. The summed E-state index contributed by atoms with van der Waals surface area (Å²) in [6.45, 7) is 5.32. The van der Waals surface area contributed by atoms with Crippen molar-refractivity contribution in [1.82, 2.24) is 5.32 Å². The average molecular weight is 310 g/mol. The largest absolute Gasteiger partial charge is 0.344 e. The minimum absolute atomic E-state index is 0.207. The fourth-order valence-electron chi connectivity index (χ4n) is 2.53. The first-order valence-electron chi connectivity index (χ1n) is 7.65. The molecule has 4 nitrogen and oxygen atoms in total. The Balaban J connectivity index is 2.18. The third-order valence-electron chi connectivity index (χ3n) is 3.71. The fourth-order valence-corrected chi connectivity index (χ4v) is 2.53. The number of para-hydroxylation sites is 1. The predicted octanol–water partition coefficient (Wildman–Crippen LogP) is 2.99. The SMILES string of the molecule is CC(=O)N[C@@H](Cc1ccccc1)C(=O)Nc1c(C)cccc1C. The summed E-state index contributed by atoms with van der Waals surface area (Å²) < 4.78 is 0. The van der Waals surface area contributed by atoms with E-state index in [4.69, 9.17) is 0 Å². The third kappa shape index (κ3) is 4.68. The molecule has 0 radical (unpaired) electrons. The van der Waals surface area contributed by atoms with Gasteiger partial charge in [-0.3, -0.25) is 9.59 Å². The summed E-state index contributed by atoms with van der Waals surface area (Å²) in [6.07, 6.45) is 0.456. The highest BCUT2D eigenvalue weighted by atomic mass is 16.2. The van der Waals surface area contributed by atoms with Crippen molar-refractivity contribution in [3.05, 3.63) is 65.2 Å². The molecule has 120 valence electrons. The highest BCUT2D eigenvalue weighted by Gasteiger charge is 2.21. The van der Waals surface area contributed by atoms with Crippen LogP contribution in [0.5, 0.6) is 0 Å². The van der Waals surface area contributed by atoms with Gasteiger partial charge in [-0.1, -0.05) is 48.5 Å². The molecule has 0 spiro atoms. The van der Waals surface area contributed by atoms with Crippen molar-refractivity contribution < 1.29 is 9.59 Å². The molecular formula is C19H22N2O2. The van der Waals surface area contributed by atoms with Crippen LogP contribution in [0, 0.1) is 13.8 Å². The van der Waals surface area contributed by atoms with Crippen molar-refractivity contribution in [1.29, 1.82) is 0 Å². The van der Waals surface area contributed by atoms with E-state index in [1.54, 1.807) is 0 Å². The lowest BCUT2D eigenvalue weighted by molar-refractivity contribution is -0.125. The van der Waals surface area contributed by atoms with E-state index in [1.165, 1.54) is 6.92 Å². The topological polar surface area (TPSA) is 58.2 Å². The van der Waals surface area contributed by atoms with Crippen LogP contribution in [0.3, 0.4) is 0 Å². The number of benzene rings is 2. The zero-order valence-corrected chi connectivity index (χ0v) is 13.7. The summed E-state index contributed by atoms with van der Waals surface area (Å²) in [4.78, 5) is 24.1. The molecule has 0 saturated carbocycles. The monoisotopic (exact) mass is 310 g/mol. The standard InChI is InChI=1S/C19H22N2O2/c1-13-8-7-9-14(2)18(13)21-19(23)17(20-15(3)22)12-16-10-5-4-6-11-16/h4-11,17H,12H2,1-3H3,(H,20,22)(H,21,23)/t17-/m0/s1. The summed E-state index contributed by atoms with van der Waals surface area (Å²) >= 11 is 0. The Morgan fingerprint density at radius 3 is 2.13 bits per heavy atom. The minimum atomic E-state index is -0.603. The summed E-state index contributed by atoms with van der Waals surface area (Å²) in [7, 11) is 0. The second kappa shape index (κ2) is 7.58. The first kappa shape index (κ1) is 16.7. The van der Waals surface area contributed by atoms with Gasteiger partial charge in [-0.05, 0) is 30.5 Å². The van der Waals surface area contributed by atoms with Gasteiger partial charge in [-0.25, -0.2) is 0 Å². The molecule has 4 heteroatoms. The van der Waals surface area contributed by atoms with Gasteiger partial charge in [0.25, 0.3) is 0 Å². The molecule has 2 aromatic carbocycles. The number of anilines is 1. The van der Waals surface area contributed by atoms with Crippen LogP contribution >= 0.6 is 0 Å². The summed E-state index contributed by atoms with van der Waals surface area (Å²) in [5.41, 5.74) is 3.81. The number of amides is 2. The lowest BCUT2D eigenvalue weighted by Crippen LogP contribution is -2.44. The van der Waals surface area contributed by atoms with Crippen LogP contribution in [0.4, 0.5) is 5.69 Å². The van der Waals surface area contributed by atoms with Gasteiger partial charge in [-0.15, -0.1) is 0 Å². The van der Waals surface area contributed by atoms with Crippen LogP contribution in [0.1, 0.15) is 23.6 Å². The Morgan fingerprint density at radius 2 is 1.57 bits per heavy atom. The molecule has 0 saturated heterocycles. The van der Waals surface area contributed by atoms with Crippen molar-refractivity contribution in [2.24, 2.45) is 0 Å². The number of hydrogen-bond acceptors (Lipinski definition) is 2. The fraction of sp³-hybridized carbons (Fsp3) is 0.263. The smallest absolute Gasteiger partial charge is 0.247 e. The normalized spacial score (nSPS) is 11.6. The Labute approximate surface area is 136 Å². The van der Waals surface area contributed by atoms with Crippen LogP contribution in [-0.2, 0) is 16.0 Å². The van der Waals surface area contributed by atoms with E-state index in [9.17, 15) is 9.59 Å². The maximum absolute atomic E-state index is 12.6. The Kier molecular flexibility index (Phi) is 5.52. The van der Waals surface area contributed by atoms with Crippen LogP contribution in [0.2, 0.25) is 0 Å². The molecule has 2 N–H and O–H groups in total. The van der Waals surface area contributed by atoms with E-state index in [0.29, 0.717) is 6.42 Å². The van der Waals surface area contributed by atoms with E-state index in [2.05, 4.69) is 10.6 Å². The van der Waals surface area contributed by atoms with Gasteiger partial charge in [0.2, 0.25) is 11.8 Å². The van der Waals surface area contributed by atoms with Crippen molar-refractivity contribution in [2.75, 3.05) is 5.32 Å². The first-order valence-corrected chi connectivity index (χ1v) is 7.65. The maximum Gasteiger partial charge on any atom is 0.247 e. The van der Waals surface area contributed by atoms with Gasteiger partial charge in [0.1, 0.15) is 6.04 Å². The van der Waals surface area contributed by atoms with E-state index >= 15 is 0 Å². The molecule has 23 heavy (non-hydrogen) atoms. The quantitative estimate of drug-likeness (QED) is 0.892. The first-order chi connectivity index (χ1) is 11.0. The molecule has 2 aromatic rings. The number of nitrogens with one attached hydrogen (secondary N) is 2.